The average Bonchev–Trinajstić information content (AvgIpc) is 2.49. The van der Waals surface area contributed by atoms with Gasteiger partial charge in [0.05, 0.1) is 0 Å². The quantitative estimate of drug-likeness (QED) is 0.598. The highest BCUT2D eigenvalue weighted by molar-refractivity contribution is 5.36. The standard InChI is InChI=1S/C11H13F/c1-2-8-6-9-4-3-5-10(9)7-11(8)12/h6-7H,2-5H2,1H3. The second kappa shape index (κ2) is 2.89. The Bertz CT molecular complexity index is 301. The lowest BCUT2D eigenvalue weighted by Crippen LogP contribution is -1.92. The van der Waals surface area contributed by atoms with Crippen molar-refractivity contribution < 1.29 is 4.39 Å². The van der Waals surface area contributed by atoms with Gasteiger partial charge in [-0.1, -0.05) is 13.0 Å². The van der Waals surface area contributed by atoms with Gasteiger partial charge in [0.1, 0.15) is 5.82 Å². The fourth-order valence-electron chi connectivity index (χ4n) is 1.92. The lowest BCUT2D eigenvalue weighted by atomic mass is 10.0. The summed E-state index contributed by atoms with van der Waals surface area (Å²) < 4.78 is 13.2. The van der Waals surface area contributed by atoms with Crippen molar-refractivity contribution in [1.82, 2.24) is 0 Å². The summed E-state index contributed by atoms with van der Waals surface area (Å²) in [5, 5.41) is 0. The maximum Gasteiger partial charge on any atom is 0.126 e. The summed E-state index contributed by atoms with van der Waals surface area (Å²) >= 11 is 0. The molecule has 0 heterocycles. The summed E-state index contributed by atoms with van der Waals surface area (Å²) in [6, 6.07) is 3.76. The second-order valence-electron chi connectivity index (χ2n) is 3.42. The Hall–Kier alpha value is -0.850. The first kappa shape index (κ1) is 7.78. The molecule has 0 saturated carbocycles. The number of hydrogen-bond acceptors (Lipinski definition) is 0. The fraction of sp³-hybridized carbons (Fsp3) is 0.455. The van der Waals surface area contributed by atoms with Gasteiger partial charge in [-0.25, -0.2) is 4.39 Å². The van der Waals surface area contributed by atoms with E-state index in [0.717, 1.165) is 24.8 Å². The molecular weight excluding hydrogens is 151 g/mol. The third-order valence-corrected chi connectivity index (χ3v) is 2.64. The van der Waals surface area contributed by atoms with Gasteiger partial charge in [0.2, 0.25) is 0 Å². The van der Waals surface area contributed by atoms with Crippen LogP contribution in [0, 0.1) is 5.82 Å². The predicted octanol–water partition coefficient (Wildman–Crippen LogP) is 2.88. The topological polar surface area (TPSA) is 0 Å². The number of aryl methyl sites for hydroxylation is 3. The molecule has 0 atom stereocenters. The molecule has 1 aliphatic carbocycles. The van der Waals surface area contributed by atoms with Gasteiger partial charge in [-0.05, 0) is 48.4 Å². The van der Waals surface area contributed by atoms with Crippen molar-refractivity contribution in [3.63, 3.8) is 0 Å². The highest BCUT2D eigenvalue weighted by Gasteiger charge is 2.13. The summed E-state index contributed by atoms with van der Waals surface area (Å²) in [5.74, 6) is -0.0156. The van der Waals surface area contributed by atoms with Crippen molar-refractivity contribution in [2.24, 2.45) is 0 Å². The Morgan fingerprint density at radius 1 is 1.25 bits per heavy atom. The highest BCUT2D eigenvalue weighted by atomic mass is 19.1. The molecular formula is C11H13F. The van der Waals surface area contributed by atoms with Gasteiger partial charge in [0.25, 0.3) is 0 Å². The number of benzene rings is 1. The predicted molar refractivity (Wildman–Crippen MR) is 47.8 cm³/mol. The number of halogens is 1. The Morgan fingerprint density at radius 3 is 2.58 bits per heavy atom. The fourth-order valence-corrected chi connectivity index (χ4v) is 1.92. The molecule has 0 saturated heterocycles. The van der Waals surface area contributed by atoms with E-state index in [1.54, 1.807) is 6.07 Å². The Balaban J connectivity index is 2.49. The smallest absolute Gasteiger partial charge is 0.126 e. The van der Waals surface area contributed by atoms with Crippen LogP contribution in [0.4, 0.5) is 4.39 Å². The number of hydrogen-bond donors (Lipinski definition) is 0. The molecule has 0 bridgehead atoms. The summed E-state index contributed by atoms with van der Waals surface area (Å²) in [7, 11) is 0. The molecule has 0 unspecified atom stereocenters. The Kier molecular flexibility index (Phi) is 1.87. The van der Waals surface area contributed by atoms with Gasteiger partial charge in [-0.15, -0.1) is 0 Å². The van der Waals surface area contributed by atoms with Crippen LogP contribution in [0.15, 0.2) is 12.1 Å². The summed E-state index contributed by atoms with van der Waals surface area (Å²) in [6.07, 6.45) is 4.21. The largest absolute Gasteiger partial charge is 0.207 e. The van der Waals surface area contributed by atoms with Crippen LogP contribution >= 0.6 is 0 Å². The minimum absolute atomic E-state index is 0.0156. The van der Waals surface area contributed by atoms with Gasteiger partial charge < -0.3 is 0 Å². The Morgan fingerprint density at radius 2 is 1.92 bits per heavy atom. The molecule has 0 aromatic heterocycles. The summed E-state index contributed by atoms with van der Waals surface area (Å²) in [5.41, 5.74) is 3.47. The van der Waals surface area contributed by atoms with E-state index in [2.05, 4.69) is 0 Å². The van der Waals surface area contributed by atoms with E-state index in [-0.39, 0.29) is 5.82 Å². The van der Waals surface area contributed by atoms with Crippen LogP contribution in [0.1, 0.15) is 30.0 Å². The van der Waals surface area contributed by atoms with Crippen LogP contribution < -0.4 is 0 Å². The van der Waals surface area contributed by atoms with Gasteiger partial charge in [-0.2, -0.15) is 0 Å². The van der Waals surface area contributed by atoms with E-state index in [4.69, 9.17) is 0 Å². The van der Waals surface area contributed by atoms with E-state index in [9.17, 15) is 4.39 Å². The molecule has 1 heteroatoms. The van der Waals surface area contributed by atoms with Gasteiger partial charge in [-0.3, -0.25) is 0 Å². The third-order valence-electron chi connectivity index (χ3n) is 2.64. The minimum atomic E-state index is -0.0156. The SMILES string of the molecule is CCc1cc2c(cc1F)CCC2. The molecule has 2 rings (SSSR count). The number of rotatable bonds is 1. The molecule has 1 aromatic rings. The molecule has 12 heavy (non-hydrogen) atoms. The highest BCUT2D eigenvalue weighted by Crippen LogP contribution is 2.24. The van der Waals surface area contributed by atoms with Crippen LogP contribution in [-0.2, 0) is 19.3 Å². The van der Waals surface area contributed by atoms with E-state index in [1.807, 2.05) is 13.0 Å². The number of fused-ring (bicyclic) bond motifs is 1. The average molecular weight is 164 g/mol. The molecule has 64 valence electrons. The van der Waals surface area contributed by atoms with Crippen molar-refractivity contribution in [3.8, 4) is 0 Å². The molecule has 0 amide bonds. The van der Waals surface area contributed by atoms with Gasteiger partial charge in [0, 0.05) is 0 Å². The molecule has 0 nitrogen and oxygen atoms in total. The first-order valence-electron chi connectivity index (χ1n) is 4.61. The maximum atomic E-state index is 13.2. The van der Waals surface area contributed by atoms with Crippen LogP contribution in [0.3, 0.4) is 0 Å². The van der Waals surface area contributed by atoms with Gasteiger partial charge >= 0.3 is 0 Å². The van der Waals surface area contributed by atoms with Crippen molar-refractivity contribution in [1.29, 1.82) is 0 Å². The van der Waals surface area contributed by atoms with Crippen LogP contribution in [-0.4, -0.2) is 0 Å². The summed E-state index contributed by atoms with van der Waals surface area (Å²) in [4.78, 5) is 0. The van der Waals surface area contributed by atoms with Crippen molar-refractivity contribution >= 4 is 0 Å². The normalized spacial score (nSPS) is 14.8. The first-order valence-corrected chi connectivity index (χ1v) is 4.61. The first-order chi connectivity index (χ1) is 5.81. The zero-order valence-corrected chi connectivity index (χ0v) is 7.36. The Labute approximate surface area is 72.4 Å². The maximum absolute atomic E-state index is 13.2. The van der Waals surface area contributed by atoms with E-state index < -0.39 is 0 Å². The molecule has 0 radical (unpaired) electrons. The zero-order chi connectivity index (χ0) is 8.55. The molecule has 1 aromatic carbocycles. The van der Waals surface area contributed by atoms with Crippen molar-refractivity contribution in [2.45, 2.75) is 32.6 Å². The molecule has 0 spiro atoms. The zero-order valence-electron chi connectivity index (χ0n) is 7.36. The second-order valence-corrected chi connectivity index (χ2v) is 3.42. The van der Waals surface area contributed by atoms with Gasteiger partial charge in [0.15, 0.2) is 0 Å². The molecule has 0 aliphatic heterocycles. The molecule has 0 fully saturated rings. The van der Waals surface area contributed by atoms with E-state index in [1.165, 1.54) is 17.5 Å². The van der Waals surface area contributed by atoms with Crippen molar-refractivity contribution in [2.75, 3.05) is 0 Å². The summed E-state index contributed by atoms with van der Waals surface area (Å²) in [6.45, 7) is 2.00. The lowest BCUT2D eigenvalue weighted by Gasteiger charge is -2.03. The molecule has 1 aliphatic rings. The van der Waals surface area contributed by atoms with Crippen LogP contribution in [0.25, 0.3) is 0 Å². The van der Waals surface area contributed by atoms with Crippen LogP contribution in [0.5, 0.6) is 0 Å². The van der Waals surface area contributed by atoms with Crippen molar-refractivity contribution in [3.05, 3.63) is 34.6 Å². The third kappa shape index (κ3) is 1.13. The van der Waals surface area contributed by atoms with E-state index >= 15 is 0 Å². The minimum Gasteiger partial charge on any atom is -0.207 e. The lowest BCUT2D eigenvalue weighted by molar-refractivity contribution is 0.610. The van der Waals surface area contributed by atoms with Crippen LogP contribution in [0.2, 0.25) is 0 Å². The van der Waals surface area contributed by atoms with E-state index in [0.29, 0.717) is 0 Å². The molecule has 0 N–H and O–H groups in total. The monoisotopic (exact) mass is 164 g/mol.